The molecule has 0 unspecified atom stereocenters. The van der Waals surface area contributed by atoms with E-state index in [0.29, 0.717) is 0 Å². The number of benzene rings is 3. The van der Waals surface area contributed by atoms with Gasteiger partial charge in [-0.1, -0.05) is 66.7 Å². The van der Waals surface area contributed by atoms with Crippen LogP contribution in [0.25, 0.3) is 11.1 Å². The molecule has 3 aromatic carbocycles. The first-order chi connectivity index (χ1) is 14.1. The van der Waals surface area contributed by atoms with E-state index >= 15 is 0 Å². The molecule has 0 bridgehead atoms. The van der Waals surface area contributed by atoms with Crippen molar-refractivity contribution in [2.75, 3.05) is 16.8 Å². The summed E-state index contributed by atoms with van der Waals surface area (Å²) in [5.74, 6) is -1.18. The second kappa shape index (κ2) is 10.4. The maximum atomic E-state index is 13.5. The Morgan fingerprint density at radius 3 is 2.21 bits per heavy atom. The summed E-state index contributed by atoms with van der Waals surface area (Å²) in [6.45, 7) is 0.176. The zero-order chi connectivity index (χ0) is 20.5. The molecule has 0 aliphatic rings. The van der Waals surface area contributed by atoms with Crippen LogP contribution in [0.5, 0.6) is 0 Å². The van der Waals surface area contributed by atoms with E-state index in [0.717, 1.165) is 28.5 Å². The number of carbonyl (C=O) groups excluding carboxylic acids is 2. The van der Waals surface area contributed by atoms with Gasteiger partial charge in [0.2, 0.25) is 5.91 Å². The third-order valence-corrected chi connectivity index (χ3v) is 4.97. The highest BCUT2D eigenvalue weighted by atomic mass is 32.2. The van der Waals surface area contributed by atoms with Crippen molar-refractivity contribution in [1.82, 2.24) is 0 Å². The van der Waals surface area contributed by atoms with Gasteiger partial charge in [0, 0.05) is 0 Å². The van der Waals surface area contributed by atoms with Crippen molar-refractivity contribution in [2.24, 2.45) is 0 Å². The molecule has 4 nitrogen and oxygen atoms in total. The molecule has 0 spiro atoms. The van der Waals surface area contributed by atoms with Crippen molar-refractivity contribution in [3.63, 3.8) is 0 Å². The topological polar surface area (TPSA) is 55.4 Å². The van der Waals surface area contributed by atoms with Crippen LogP contribution in [0.3, 0.4) is 0 Å². The molecule has 0 saturated carbocycles. The Morgan fingerprint density at radius 2 is 1.48 bits per heavy atom. The fourth-order valence-corrected chi connectivity index (χ4v) is 3.22. The van der Waals surface area contributed by atoms with Crippen LogP contribution in [0.1, 0.15) is 5.56 Å². The number of hydrogen-bond acceptors (Lipinski definition) is 4. The number of nitrogens with one attached hydrogen (secondary N) is 1. The van der Waals surface area contributed by atoms with Crippen LogP contribution in [0.15, 0.2) is 78.9 Å². The van der Waals surface area contributed by atoms with E-state index in [-0.39, 0.29) is 29.7 Å². The molecular weight excluding hydrogens is 389 g/mol. The molecule has 0 atom stereocenters. The van der Waals surface area contributed by atoms with Crippen LogP contribution in [0.4, 0.5) is 10.1 Å². The summed E-state index contributed by atoms with van der Waals surface area (Å²) in [6, 6.07) is 23.8. The fourth-order valence-electron chi connectivity index (χ4n) is 2.61. The zero-order valence-corrected chi connectivity index (χ0v) is 16.5. The summed E-state index contributed by atoms with van der Waals surface area (Å²) >= 11 is 1.12. The van der Waals surface area contributed by atoms with E-state index in [4.69, 9.17) is 4.74 Å². The first-order valence-corrected chi connectivity index (χ1v) is 10.2. The minimum atomic E-state index is -0.497. The lowest BCUT2D eigenvalue weighted by Crippen LogP contribution is -2.17. The average Bonchev–Trinajstić information content (AvgIpc) is 2.75. The minimum absolute atomic E-state index is 0.0369. The number of thioether (sulfide) groups is 1. The molecule has 1 N–H and O–H groups in total. The van der Waals surface area contributed by atoms with E-state index in [1.165, 1.54) is 12.1 Å². The summed E-state index contributed by atoms with van der Waals surface area (Å²) in [4.78, 5) is 23.7. The Morgan fingerprint density at radius 1 is 0.828 bits per heavy atom. The number of amides is 1. The third kappa shape index (κ3) is 6.47. The highest BCUT2D eigenvalue weighted by molar-refractivity contribution is 8.00. The first-order valence-electron chi connectivity index (χ1n) is 9.04. The van der Waals surface area contributed by atoms with Crippen LogP contribution < -0.4 is 5.32 Å². The predicted octanol–water partition coefficient (Wildman–Crippen LogP) is 4.91. The lowest BCUT2D eigenvalue weighted by atomic mass is 10.0. The number of esters is 1. The number of ether oxygens (including phenoxy) is 1. The highest BCUT2D eigenvalue weighted by Gasteiger charge is 2.09. The second-order valence-electron chi connectivity index (χ2n) is 6.24. The van der Waals surface area contributed by atoms with Gasteiger partial charge in [0.1, 0.15) is 12.4 Å². The third-order valence-electron chi connectivity index (χ3n) is 4.06. The molecular formula is C23H20FNO3S. The van der Waals surface area contributed by atoms with Crippen molar-refractivity contribution in [2.45, 2.75) is 6.61 Å². The van der Waals surface area contributed by atoms with Crippen molar-refractivity contribution in [3.05, 3.63) is 90.2 Å². The fraction of sp³-hybridized carbons (Fsp3) is 0.130. The van der Waals surface area contributed by atoms with Crippen LogP contribution in [0.2, 0.25) is 0 Å². The molecule has 0 radical (unpaired) electrons. The van der Waals surface area contributed by atoms with Crippen molar-refractivity contribution >= 4 is 29.3 Å². The van der Waals surface area contributed by atoms with Gasteiger partial charge in [-0.25, -0.2) is 4.39 Å². The smallest absolute Gasteiger partial charge is 0.316 e. The first kappa shape index (κ1) is 20.6. The van der Waals surface area contributed by atoms with Crippen LogP contribution in [-0.2, 0) is 20.9 Å². The van der Waals surface area contributed by atoms with Gasteiger partial charge in [-0.3, -0.25) is 9.59 Å². The van der Waals surface area contributed by atoms with Gasteiger partial charge in [-0.2, -0.15) is 0 Å². The molecule has 0 heterocycles. The van der Waals surface area contributed by atoms with Gasteiger partial charge in [-0.05, 0) is 28.8 Å². The molecule has 29 heavy (non-hydrogen) atoms. The number of hydrogen-bond donors (Lipinski definition) is 1. The van der Waals surface area contributed by atoms with Gasteiger partial charge < -0.3 is 10.1 Å². The molecule has 0 saturated heterocycles. The monoisotopic (exact) mass is 409 g/mol. The van der Waals surface area contributed by atoms with E-state index in [9.17, 15) is 14.0 Å². The Labute approximate surface area is 173 Å². The number of para-hydroxylation sites is 1. The number of anilines is 1. The predicted molar refractivity (Wildman–Crippen MR) is 114 cm³/mol. The van der Waals surface area contributed by atoms with Crippen LogP contribution in [0, 0.1) is 5.82 Å². The van der Waals surface area contributed by atoms with Crippen molar-refractivity contribution in [1.29, 1.82) is 0 Å². The lowest BCUT2D eigenvalue weighted by molar-refractivity contribution is -0.141. The Hall–Kier alpha value is -3.12. The SMILES string of the molecule is O=C(CSCC(=O)OCc1ccc(-c2ccccc2)cc1)Nc1ccccc1F. The standard InChI is InChI=1S/C23H20FNO3S/c24-20-8-4-5-9-21(20)25-22(26)15-29-16-23(27)28-14-17-10-12-19(13-11-17)18-6-2-1-3-7-18/h1-13H,14-16H2,(H,25,26). The van der Waals surface area contributed by atoms with Gasteiger partial charge in [0.25, 0.3) is 0 Å². The molecule has 3 aromatic rings. The quantitative estimate of drug-likeness (QED) is 0.537. The number of carbonyl (C=O) groups is 2. The maximum Gasteiger partial charge on any atom is 0.316 e. The zero-order valence-electron chi connectivity index (χ0n) is 15.6. The molecule has 0 aliphatic carbocycles. The summed E-state index contributed by atoms with van der Waals surface area (Å²) in [5, 5.41) is 2.47. The highest BCUT2D eigenvalue weighted by Crippen LogP contribution is 2.19. The summed E-state index contributed by atoms with van der Waals surface area (Å²) < 4.78 is 18.7. The second-order valence-corrected chi connectivity index (χ2v) is 7.23. The average molecular weight is 409 g/mol. The Bertz CT molecular complexity index is 961. The van der Waals surface area contributed by atoms with Crippen LogP contribution in [-0.4, -0.2) is 23.4 Å². The molecule has 3 rings (SSSR count). The molecule has 1 amide bonds. The molecule has 6 heteroatoms. The van der Waals surface area contributed by atoms with Gasteiger partial charge in [0.05, 0.1) is 17.2 Å². The van der Waals surface area contributed by atoms with Gasteiger partial charge in [-0.15, -0.1) is 11.8 Å². The maximum absolute atomic E-state index is 13.5. The minimum Gasteiger partial charge on any atom is -0.460 e. The van der Waals surface area contributed by atoms with Crippen molar-refractivity contribution in [3.8, 4) is 11.1 Å². The van der Waals surface area contributed by atoms with E-state index < -0.39 is 11.8 Å². The van der Waals surface area contributed by atoms with E-state index in [1.807, 2.05) is 54.6 Å². The number of halogens is 1. The van der Waals surface area contributed by atoms with Gasteiger partial charge in [0.15, 0.2) is 0 Å². The lowest BCUT2D eigenvalue weighted by Gasteiger charge is -2.07. The normalized spacial score (nSPS) is 10.4. The summed E-state index contributed by atoms with van der Waals surface area (Å²) in [5.41, 5.74) is 3.23. The Balaban J connectivity index is 1.38. The van der Waals surface area contributed by atoms with Gasteiger partial charge >= 0.3 is 5.97 Å². The number of rotatable bonds is 8. The molecule has 148 valence electrons. The van der Waals surface area contributed by atoms with Crippen LogP contribution >= 0.6 is 11.8 Å². The van der Waals surface area contributed by atoms with Crippen molar-refractivity contribution < 1.29 is 18.7 Å². The summed E-state index contributed by atoms with van der Waals surface area (Å²) in [6.07, 6.45) is 0. The summed E-state index contributed by atoms with van der Waals surface area (Å²) in [7, 11) is 0. The Kier molecular flexibility index (Phi) is 7.41. The molecule has 0 aliphatic heterocycles. The molecule has 0 aromatic heterocycles. The molecule has 0 fully saturated rings. The largest absolute Gasteiger partial charge is 0.460 e. The van der Waals surface area contributed by atoms with E-state index in [1.54, 1.807) is 12.1 Å². The van der Waals surface area contributed by atoms with E-state index in [2.05, 4.69) is 5.32 Å².